The van der Waals surface area contributed by atoms with Crippen molar-refractivity contribution in [3.63, 3.8) is 0 Å². The number of hydrogen-bond acceptors (Lipinski definition) is 7. The molecule has 1 aromatic carbocycles. The Morgan fingerprint density at radius 1 is 1.05 bits per heavy atom. The molecule has 0 spiro atoms. The summed E-state index contributed by atoms with van der Waals surface area (Å²) in [7, 11) is 1.69. The zero-order chi connectivity index (χ0) is 14.7. The molecule has 1 aliphatic heterocycles. The van der Waals surface area contributed by atoms with Crippen LogP contribution >= 0.6 is 23.1 Å². The average molecular weight is 322 g/mol. The molecule has 2 heterocycles. The van der Waals surface area contributed by atoms with Crippen LogP contribution in [-0.4, -0.2) is 49.7 Å². The molecule has 0 amide bonds. The van der Waals surface area contributed by atoms with Gasteiger partial charge < -0.3 is 14.5 Å². The molecule has 0 atom stereocenters. The monoisotopic (exact) mass is 322 g/mol. The smallest absolute Gasteiger partial charge is 0.209 e. The molecular weight excluding hydrogens is 304 g/mol. The maximum atomic E-state index is 5.20. The zero-order valence-corrected chi connectivity index (χ0v) is 13.8. The van der Waals surface area contributed by atoms with Gasteiger partial charge in [0, 0.05) is 31.9 Å². The number of methoxy groups -OCH3 is 1. The summed E-state index contributed by atoms with van der Waals surface area (Å²) >= 11 is 3.32. The van der Waals surface area contributed by atoms with Crippen LogP contribution in [0.5, 0.6) is 5.75 Å². The van der Waals surface area contributed by atoms with Crippen LogP contribution in [-0.2, 0) is 0 Å². The van der Waals surface area contributed by atoms with E-state index in [2.05, 4.69) is 32.1 Å². The molecule has 0 radical (unpaired) electrons. The van der Waals surface area contributed by atoms with Crippen LogP contribution in [0, 0.1) is 0 Å². The third kappa shape index (κ3) is 3.24. The highest BCUT2D eigenvalue weighted by Crippen LogP contribution is 2.28. The molecule has 112 valence electrons. The molecule has 0 unspecified atom stereocenters. The average Bonchev–Trinajstić information content (AvgIpc) is 3.04. The van der Waals surface area contributed by atoms with Crippen molar-refractivity contribution in [2.45, 2.75) is 4.34 Å². The summed E-state index contributed by atoms with van der Waals surface area (Å²) in [6.07, 6.45) is 2.03. The molecule has 21 heavy (non-hydrogen) atoms. The molecule has 1 aromatic heterocycles. The van der Waals surface area contributed by atoms with Crippen molar-refractivity contribution >= 4 is 33.9 Å². The van der Waals surface area contributed by atoms with Gasteiger partial charge in [0.1, 0.15) is 5.75 Å². The van der Waals surface area contributed by atoms with Gasteiger partial charge in [-0.3, -0.25) is 0 Å². The summed E-state index contributed by atoms with van der Waals surface area (Å²) in [6, 6.07) is 8.25. The molecule has 2 aromatic rings. The number of thioether (sulfide) groups is 1. The fourth-order valence-corrected chi connectivity index (χ4v) is 3.67. The van der Waals surface area contributed by atoms with Crippen LogP contribution in [0.4, 0.5) is 10.8 Å². The van der Waals surface area contributed by atoms with E-state index in [-0.39, 0.29) is 0 Å². The van der Waals surface area contributed by atoms with Gasteiger partial charge in [-0.25, -0.2) is 0 Å². The van der Waals surface area contributed by atoms with Crippen LogP contribution in [0.2, 0.25) is 0 Å². The van der Waals surface area contributed by atoms with Gasteiger partial charge in [0.2, 0.25) is 5.13 Å². The molecule has 7 heteroatoms. The van der Waals surface area contributed by atoms with Gasteiger partial charge in [0.15, 0.2) is 4.34 Å². The summed E-state index contributed by atoms with van der Waals surface area (Å²) in [5.41, 5.74) is 1.25. The number of piperazine rings is 1. The highest BCUT2D eigenvalue weighted by molar-refractivity contribution is 8.00. The van der Waals surface area contributed by atoms with E-state index in [0.717, 1.165) is 41.4 Å². The lowest BCUT2D eigenvalue weighted by atomic mass is 10.2. The Balaban J connectivity index is 1.61. The maximum absolute atomic E-state index is 5.20. The van der Waals surface area contributed by atoms with Gasteiger partial charge in [-0.05, 0) is 30.5 Å². The molecule has 1 aliphatic rings. The number of hydrogen-bond donors (Lipinski definition) is 0. The van der Waals surface area contributed by atoms with E-state index in [1.54, 1.807) is 30.2 Å². The Labute approximate surface area is 132 Å². The van der Waals surface area contributed by atoms with Crippen molar-refractivity contribution in [1.29, 1.82) is 0 Å². The minimum Gasteiger partial charge on any atom is -0.497 e. The Morgan fingerprint density at radius 2 is 1.71 bits per heavy atom. The van der Waals surface area contributed by atoms with Crippen LogP contribution < -0.4 is 14.5 Å². The lowest BCUT2D eigenvalue weighted by Gasteiger charge is -2.35. The van der Waals surface area contributed by atoms with Crippen molar-refractivity contribution in [1.82, 2.24) is 10.2 Å². The van der Waals surface area contributed by atoms with Crippen LogP contribution in [0.25, 0.3) is 0 Å². The van der Waals surface area contributed by atoms with Gasteiger partial charge in [0.05, 0.1) is 7.11 Å². The van der Waals surface area contributed by atoms with E-state index >= 15 is 0 Å². The van der Waals surface area contributed by atoms with Gasteiger partial charge >= 0.3 is 0 Å². The lowest BCUT2D eigenvalue weighted by molar-refractivity contribution is 0.415. The number of aromatic nitrogens is 2. The highest BCUT2D eigenvalue weighted by atomic mass is 32.2. The van der Waals surface area contributed by atoms with E-state index in [1.807, 2.05) is 18.4 Å². The summed E-state index contributed by atoms with van der Waals surface area (Å²) in [6.45, 7) is 3.96. The van der Waals surface area contributed by atoms with Crippen LogP contribution in [0.15, 0.2) is 28.6 Å². The number of ether oxygens (including phenoxy) is 1. The van der Waals surface area contributed by atoms with Gasteiger partial charge in [-0.2, -0.15) is 0 Å². The molecule has 1 fully saturated rings. The minimum atomic E-state index is 0.899. The third-order valence-electron chi connectivity index (χ3n) is 3.56. The second-order valence-corrected chi connectivity index (χ2v) is 6.74. The third-order valence-corrected chi connectivity index (χ3v) is 5.52. The van der Waals surface area contributed by atoms with Crippen molar-refractivity contribution in [2.24, 2.45) is 0 Å². The van der Waals surface area contributed by atoms with Crippen molar-refractivity contribution < 1.29 is 4.74 Å². The Hall–Kier alpha value is -1.47. The van der Waals surface area contributed by atoms with Crippen molar-refractivity contribution in [2.75, 3.05) is 49.3 Å². The predicted octanol–water partition coefficient (Wildman–Crippen LogP) is 2.60. The fourth-order valence-electron chi connectivity index (χ4n) is 2.36. The SMILES string of the molecule is COc1ccc(N2CCN(c3nnc(SC)s3)CC2)cc1. The first-order chi connectivity index (χ1) is 10.3. The first-order valence-corrected chi connectivity index (χ1v) is 8.85. The summed E-state index contributed by atoms with van der Waals surface area (Å²) < 4.78 is 6.23. The zero-order valence-electron chi connectivity index (χ0n) is 12.2. The Kier molecular flexibility index (Phi) is 4.50. The van der Waals surface area contributed by atoms with Gasteiger partial charge in [-0.1, -0.05) is 23.1 Å². The molecule has 5 nitrogen and oxygen atoms in total. The predicted molar refractivity (Wildman–Crippen MR) is 89.1 cm³/mol. The standard InChI is InChI=1S/C14H18N4OS2/c1-19-12-5-3-11(4-6-12)17-7-9-18(10-8-17)13-15-16-14(20-2)21-13/h3-6H,7-10H2,1-2H3. The quantitative estimate of drug-likeness (QED) is 0.806. The van der Waals surface area contributed by atoms with E-state index in [9.17, 15) is 0 Å². The number of anilines is 2. The van der Waals surface area contributed by atoms with Gasteiger partial charge in [0.25, 0.3) is 0 Å². The lowest BCUT2D eigenvalue weighted by Crippen LogP contribution is -2.46. The van der Waals surface area contributed by atoms with E-state index in [0.29, 0.717) is 0 Å². The molecule has 0 bridgehead atoms. The molecule has 1 saturated heterocycles. The topological polar surface area (TPSA) is 41.5 Å². The Morgan fingerprint density at radius 3 is 2.29 bits per heavy atom. The maximum Gasteiger partial charge on any atom is 0.209 e. The largest absolute Gasteiger partial charge is 0.497 e. The summed E-state index contributed by atoms with van der Waals surface area (Å²) in [4.78, 5) is 4.71. The van der Waals surface area contributed by atoms with Crippen molar-refractivity contribution in [3.05, 3.63) is 24.3 Å². The van der Waals surface area contributed by atoms with Gasteiger partial charge in [-0.15, -0.1) is 10.2 Å². The molecular formula is C14H18N4OS2. The fraction of sp³-hybridized carbons (Fsp3) is 0.429. The normalized spacial score (nSPS) is 15.3. The Bertz CT molecular complexity index is 579. The molecule has 0 aliphatic carbocycles. The number of rotatable bonds is 4. The molecule has 3 rings (SSSR count). The van der Waals surface area contributed by atoms with Crippen molar-refractivity contribution in [3.8, 4) is 5.75 Å². The molecule has 0 N–H and O–H groups in total. The van der Waals surface area contributed by atoms with Crippen LogP contribution in [0.1, 0.15) is 0 Å². The van der Waals surface area contributed by atoms with Crippen LogP contribution in [0.3, 0.4) is 0 Å². The highest BCUT2D eigenvalue weighted by Gasteiger charge is 2.20. The second-order valence-electron chi connectivity index (χ2n) is 4.73. The second kappa shape index (κ2) is 6.53. The first kappa shape index (κ1) is 14.5. The van der Waals surface area contributed by atoms with E-state index in [1.165, 1.54) is 5.69 Å². The first-order valence-electron chi connectivity index (χ1n) is 6.81. The number of benzene rings is 1. The summed E-state index contributed by atoms with van der Waals surface area (Å²) in [5.74, 6) is 0.899. The molecule has 0 saturated carbocycles. The minimum absolute atomic E-state index is 0.899. The number of nitrogens with zero attached hydrogens (tertiary/aromatic N) is 4. The van der Waals surface area contributed by atoms with E-state index in [4.69, 9.17) is 4.74 Å². The summed E-state index contributed by atoms with van der Waals surface area (Å²) in [5, 5.41) is 9.47. The van der Waals surface area contributed by atoms with E-state index < -0.39 is 0 Å².